The Kier molecular flexibility index (Phi) is 8.36. The van der Waals surface area contributed by atoms with Gasteiger partial charge < -0.3 is 20.3 Å². The summed E-state index contributed by atoms with van der Waals surface area (Å²) in [4.78, 5) is 13.8. The van der Waals surface area contributed by atoms with Crippen LogP contribution in [0.4, 0.5) is 20.4 Å². The maximum atomic E-state index is 14.6. The minimum Gasteiger partial charge on any atom is -0.384 e. The molecule has 7 nitrogen and oxygen atoms in total. The Morgan fingerprint density at radius 2 is 1.95 bits per heavy atom. The number of benzene rings is 2. The van der Waals surface area contributed by atoms with Crippen LogP contribution < -0.4 is 15.5 Å². The van der Waals surface area contributed by atoms with Gasteiger partial charge in [-0.1, -0.05) is 36.4 Å². The maximum Gasteiger partial charge on any atom is 0.172 e. The first-order valence-electron chi connectivity index (χ1n) is 12.8. The Morgan fingerprint density at radius 3 is 2.79 bits per heavy atom. The Bertz CT molecular complexity index is 1300. The molecule has 0 unspecified atom stereocenters. The molecule has 0 bridgehead atoms. The Hall–Kier alpha value is -3.27. The van der Waals surface area contributed by atoms with Gasteiger partial charge in [0.25, 0.3) is 0 Å². The molecule has 2 aliphatic heterocycles. The fourth-order valence-electron chi connectivity index (χ4n) is 4.66. The summed E-state index contributed by atoms with van der Waals surface area (Å²) in [6.45, 7) is 10.8. The van der Waals surface area contributed by atoms with Crippen LogP contribution in [0.3, 0.4) is 0 Å². The predicted molar refractivity (Wildman–Crippen MR) is 147 cm³/mol. The number of rotatable bonds is 8. The van der Waals surface area contributed by atoms with E-state index in [4.69, 9.17) is 21.3 Å². The second-order valence-corrected chi connectivity index (χ2v) is 9.77. The third-order valence-corrected chi connectivity index (χ3v) is 7.22. The molecule has 1 fully saturated rings. The van der Waals surface area contributed by atoms with Gasteiger partial charge in [-0.2, -0.15) is 0 Å². The van der Waals surface area contributed by atoms with E-state index in [1.165, 1.54) is 0 Å². The summed E-state index contributed by atoms with van der Waals surface area (Å²) >= 11 is 6.12. The third kappa shape index (κ3) is 6.06. The molecule has 200 valence electrons. The molecule has 1 saturated heterocycles. The number of nitrogens with one attached hydrogen (secondary N) is 2. The molecule has 2 aromatic carbocycles. The molecule has 5 rings (SSSR count). The summed E-state index contributed by atoms with van der Waals surface area (Å²) in [7, 11) is 0. The highest BCUT2D eigenvalue weighted by Crippen LogP contribution is 2.32. The van der Waals surface area contributed by atoms with Gasteiger partial charge in [-0.3, -0.25) is 4.90 Å². The molecule has 38 heavy (non-hydrogen) atoms. The Balaban J connectivity index is 1.35. The Labute approximate surface area is 226 Å². The average molecular weight is 541 g/mol. The van der Waals surface area contributed by atoms with Crippen LogP contribution in [0.15, 0.2) is 49.2 Å². The van der Waals surface area contributed by atoms with E-state index in [0.29, 0.717) is 30.4 Å². The van der Waals surface area contributed by atoms with Gasteiger partial charge in [0.1, 0.15) is 11.6 Å². The molecular weight excluding hydrogens is 510 g/mol. The van der Waals surface area contributed by atoms with E-state index in [1.54, 1.807) is 6.20 Å². The van der Waals surface area contributed by atoms with Crippen molar-refractivity contribution >= 4 is 28.9 Å². The number of halogens is 3. The van der Waals surface area contributed by atoms with E-state index in [1.807, 2.05) is 29.2 Å². The predicted octanol–water partition coefficient (Wildman–Crippen LogP) is 4.79. The maximum absolute atomic E-state index is 14.6. The molecule has 0 amide bonds. The molecule has 0 radical (unpaired) electrons. The number of hydrogen-bond acceptors (Lipinski definition) is 7. The van der Waals surface area contributed by atoms with Crippen molar-refractivity contribution in [1.29, 1.82) is 0 Å². The standard InChI is InChI=1S/C28H31ClF2N6O/c1-19(32-9-11-36-12-14-38-15-13-36)20-4-2-5-21(16-20)25-17-34-27-28(35-25)37(10-3-8-33-27)18-22-23(30)6-7-24(31)26(22)29/h2,4-7,16-17,32H,1,3,8-15,18H2,(H,33,34). The van der Waals surface area contributed by atoms with Crippen molar-refractivity contribution in [3.8, 4) is 11.3 Å². The van der Waals surface area contributed by atoms with Crippen LogP contribution in [0.25, 0.3) is 17.0 Å². The molecule has 1 aromatic heterocycles. The van der Waals surface area contributed by atoms with Gasteiger partial charge >= 0.3 is 0 Å². The highest BCUT2D eigenvalue weighted by molar-refractivity contribution is 6.31. The van der Waals surface area contributed by atoms with Crippen molar-refractivity contribution in [2.45, 2.75) is 13.0 Å². The summed E-state index contributed by atoms with van der Waals surface area (Å²) in [6, 6.07) is 10.1. The average Bonchev–Trinajstić information content (AvgIpc) is 3.15. The summed E-state index contributed by atoms with van der Waals surface area (Å²) in [5, 5.41) is 6.50. The van der Waals surface area contributed by atoms with Crippen LogP contribution >= 0.6 is 11.6 Å². The molecule has 0 atom stereocenters. The third-order valence-electron chi connectivity index (χ3n) is 6.82. The van der Waals surface area contributed by atoms with Crippen LogP contribution in [0.5, 0.6) is 0 Å². The zero-order valence-corrected chi connectivity index (χ0v) is 21.9. The van der Waals surface area contributed by atoms with Crippen molar-refractivity contribution in [1.82, 2.24) is 20.2 Å². The van der Waals surface area contributed by atoms with Gasteiger partial charge in [-0.15, -0.1) is 0 Å². The van der Waals surface area contributed by atoms with Crippen LogP contribution in [0.1, 0.15) is 17.5 Å². The lowest BCUT2D eigenvalue weighted by Crippen LogP contribution is -2.40. The second kappa shape index (κ2) is 12.1. The number of anilines is 2. The summed E-state index contributed by atoms with van der Waals surface area (Å²) in [5.74, 6) is -0.0182. The van der Waals surface area contributed by atoms with Gasteiger partial charge in [0, 0.05) is 62.6 Å². The van der Waals surface area contributed by atoms with Crippen LogP contribution in [-0.4, -0.2) is 67.4 Å². The molecule has 0 aliphatic carbocycles. The first-order valence-corrected chi connectivity index (χ1v) is 13.2. The largest absolute Gasteiger partial charge is 0.384 e. The van der Waals surface area contributed by atoms with E-state index in [-0.39, 0.29) is 17.1 Å². The smallest absolute Gasteiger partial charge is 0.172 e. The lowest BCUT2D eigenvalue weighted by atomic mass is 10.1. The molecule has 10 heteroatoms. The van der Waals surface area contributed by atoms with E-state index >= 15 is 0 Å². The number of fused-ring (bicyclic) bond motifs is 1. The van der Waals surface area contributed by atoms with Crippen molar-refractivity contribution < 1.29 is 13.5 Å². The molecule has 3 aromatic rings. The fourth-order valence-corrected chi connectivity index (χ4v) is 4.88. The zero-order valence-electron chi connectivity index (χ0n) is 21.2. The monoisotopic (exact) mass is 540 g/mol. The molecule has 0 saturated carbocycles. The zero-order chi connectivity index (χ0) is 26.5. The summed E-state index contributed by atoms with van der Waals surface area (Å²) in [5.41, 5.74) is 3.46. The van der Waals surface area contributed by atoms with E-state index < -0.39 is 11.6 Å². The number of morpholine rings is 1. The highest BCUT2D eigenvalue weighted by atomic mass is 35.5. The molecule has 2 N–H and O–H groups in total. The minimum absolute atomic E-state index is 0.0825. The molecule has 3 heterocycles. The van der Waals surface area contributed by atoms with Crippen molar-refractivity contribution in [3.63, 3.8) is 0 Å². The lowest BCUT2D eigenvalue weighted by Gasteiger charge is -2.26. The normalized spacial score (nSPS) is 15.9. The highest BCUT2D eigenvalue weighted by Gasteiger charge is 2.23. The van der Waals surface area contributed by atoms with Crippen LogP contribution in [0, 0.1) is 11.6 Å². The molecule has 0 spiro atoms. The first kappa shape index (κ1) is 26.3. The topological polar surface area (TPSA) is 65.5 Å². The SMILES string of the molecule is C=C(NCCN1CCOCC1)c1cccc(-c2cnc3c(n2)N(Cc2c(F)ccc(F)c2Cl)CCCN3)c1. The van der Waals surface area contributed by atoms with E-state index in [9.17, 15) is 8.78 Å². The van der Waals surface area contributed by atoms with Gasteiger partial charge in [-0.05, 0) is 30.2 Å². The first-order chi connectivity index (χ1) is 18.5. The number of ether oxygens (including phenoxy) is 1. The Morgan fingerprint density at radius 1 is 1.13 bits per heavy atom. The fraction of sp³-hybridized carbons (Fsp3) is 0.357. The second-order valence-electron chi connectivity index (χ2n) is 9.39. The summed E-state index contributed by atoms with van der Waals surface area (Å²) in [6.07, 6.45) is 2.51. The number of hydrogen-bond donors (Lipinski definition) is 2. The summed E-state index contributed by atoms with van der Waals surface area (Å²) < 4.78 is 34.1. The van der Waals surface area contributed by atoms with Crippen molar-refractivity contribution in [3.05, 3.63) is 77.0 Å². The van der Waals surface area contributed by atoms with Gasteiger partial charge in [0.15, 0.2) is 11.6 Å². The lowest BCUT2D eigenvalue weighted by molar-refractivity contribution is 0.0388. The minimum atomic E-state index is -0.647. The van der Waals surface area contributed by atoms with Gasteiger partial charge in [-0.25, -0.2) is 18.7 Å². The molecular formula is C28H31ClF2N6O. The van der Waals surface area contributed by atoms with Gasteiger partial charge in [0.2, 0.25) is 0 Å². The van der Waals surface area contributed by atoms with Crippen LogP contribution in [0.2, 0.25) is 5.02 Å². The quantitative estimate of drug-likeness (QED) is 0.398. The van der Waals surface area contributed by atoms with Gasteiger partial charge in [0.05, 0.1) is 30.1 Å². The van der Waals surface area contributed by atoms with Crippen molar-refractivity contribution in [2.24, 2.45) is 0 Å². The number of aromatic nitrogens is 2. The molecule has 2 aliphatic rings. The van der Waals surface area contributed by atoms with E-state index in [0.717, 1.165) is 74.8 Å². The van der Waals surface area contributed by atoms with Crippen LogP contribution in [-0.2, 0) is 11.3 Å². The number of nitrogens with zero attached hydrogens (tertiary/aromatic N) is 4. The van der Waals surface area contributed by atoms with E-state index in [2.05, 4.69) is 27.1 Å². The van der Waals surface area contributed by atoms with Crippen molar-refractivity contribution in [2.75, 3.05) is 62.7 Å².